The van der Waals surface area contributed by atoms with Gasteiger partial charge in [0.05, 0.1) is 18.4 Å². The highest BCUT2D eigenvalue weighted by Crippen LogP contribution is 2.30. The lowest BCUT2D eigenvalue weighted by Gasteiger charge is -2.04. The first-order chi connectivity index (χ1) is 11.6. The van der Waals surface area contributed by atoms with E-state index in [1.54, 1.807) is 31.4 Å². The van der Waals surface area contributed by atoms with E-state index in [0.717, 1.165) is 22.6 Å². The maximum atomic E-state index is 11.4. The molecule has 0 bridgehead atoms. The number of ether oxygens (including phenoxy) is 1. The number of nitrogens with zero attached hydrogens (tertiary/aromatic N) is 1. The number of benzene rings is 2. The maximum absolute atomic E-state index is 11.4. The quantitative estimate of drug-likeness (QED) is 0.769. The first-order valence-corrected chi connectivity index (χ1v) is 7.51. The van der Waals surface area contributed by atoms with Gasteiger partial charge >= 0.3 is 5.97 Å². The van der Waals surface area contributed by atoms with Crippen LogP contribution in [0.5, 0.6) is 5.75 Å². The summed E-state index contributed by atoms with van der Waals surface area (Å²) in [5, 5.41) is 13.5. The van der Waals surface area contributed by atoms with E-state index in [1.807, 2.05) is 31.2 Å². The Morgan fingerprint density at radius 2 is 1.88 bits per heavy atom. The largest absolute Gasteiger partial charge is 0.497 e. The number of carboxylic acids is 1. The summed E-state index contributed by atoms with van der Waals surface area (Å²) in [7, 11) is 1.63. The highest BCUT2D eigenvalue weighted by molar-refractivity contribution is 5.95. The van der Waals surface area contributed by atoms with Gasteiger partial charge in [0.25, 0.3) is 0 Å². The van der Waals surface area contributed by atoms with Gasteiger partial charge in [-0.25, -0.2) is 4.79 Å². The maximum Gasteiger partial charge on any atom is 0.336 e. The van der Waals surface area contributed by atoms with E-state index < -0.39 is 5.97 Å². The molecule has 0 aliphatic rings. The lowest BCUT2D eigenvalue weighted by Crippen LogP contribution is -1.99. The monoisotopic (exact) mass is 323 g/mol. The van der Waals surface area contributed by atoms with E-state index >= 15 is 0 Å². The molecule has 2 aromatic carbocycles. The Hall–Kier alpha value is -3.08. The molecule has 5 nitrogen and oxygen atoms in total. The summed E-state index contributed by atoms with van der Waals surface area (Å²) < 4.78 is 10.6. The Labute approximate surface area is 139 Å². The SMILES string of the molecule is COc1ccc(Cc2noc(-c3ccccc3C(=O)O)c2C)cc1. The summed E-state index contributed by atoms with van der Waals surface area (Å²) in [6.07, 6.45) is 0.606. The van der Waals surface area contributed by atoms with E-state index in [9.17, 15) is 9.90 Å². The van der Waals surface area contributed by atoms with Crippen LogP contribution in [0.4, 0.5) is 0 Å². The van der Waals surface area contributed by atoms with Crippen molar-refractivity contribution in [1.82, 2.24) is 5.16 Å². The molecule has 3 rings (SSSR count). The molecule has 0 saturated heterocycles. The van der Waals surface area contributed by atoms with Gasteiger partial charge in [0, 0.05) is 17.5 Å². The van der Waals surface area contributed by atoms with Crippen LogP contribution < -0.4 is 4.74 Å². The van der Waals surface area contributed by atoms with E-state index in [1.165, 1.54) is 0 Å². The zero-order valence-corrected chi connectivity index (χ0v) is 13.4. The van der Waals surface area contributed by atoms with Crippen molar-refractivity contribution in [3.05, 3.63) is 70.9 Å². The second-order valence-electron chi connectivity index (χ2n) is 5.46. The van der Waals surface area contributed by atoms with Crippen LogP contribution in [0.1, 0.15) is 27.2 Å². The zero-order valence-electron chi connectivity index (χ0n) is 13.4. The molecule has 0 amide bonds. The molecule has 0 aliphatic carbocycles. The minimum absolute atomic E-state index is 0.202. The van der Waals surface area contributed by atoms with Gasteiger partial charge in [0.2, 0.25) is 0 Å². The van der Waals surface area contributed by atoms with E-state index in [4.69, 9.17) is 9.26 Å². The summed E-state index contributed by atoms with van der Waals surface area (Å²) in [6, 6.07) is 14.5. The molecule has 122 valence electrons. The molecule has 0 radical (unpaired) electrons. The fraction of sp³-hybridized carbons (Fsp3) is 0.158. The smallest absolute Gasteiger partial charge is 0.336 e. The lowest BCUT2D eigenvalue weighted by atomic mass is 10.00. The van der Waals surface area contributed by atoms with Crippen LogP contribution in [-0.4, -0.2) is 23.3 Å². The molecule has 1 N–H and O–H groups in total. The summed E-state index contributed by atoms with van der Waals surface area (Å²) in [4.78, 5) is 11.4. The third kappa shape index (κ3) is 3.01. The number of rotatable bonds is 5. The van der Waals surface area contributed by atoms with Crippen molar-refractivity contribution >= 4 is 5.97 Å². The van der Waals surface area contributed by atoms with Crippen LogP contribution in [0.15, 0.2) is 53.1 Å². The van der Waals surface area contributed by atoms with Crippen LogP contribution in [0, 0.1) is 6.92 Å². The fourth-order valence-electron chi connectivity index (χ4n) is 2.59. The van der Waals surface area contributed by atoms with Crippen molar-refractivity contribution in [1.29, 1.82) is 0 Å². The van der Waals surface area contributed by atoms with Gasteiger partial charge in [-0.3, -0.25) is 0 Å². The topological polar surface area (TPSA) is 72.6 Å². The average Bonchev–Trinajstić information content (AvgIpc) is 2.96. The first kappa shape index (κ1) is 15.8. The molecule has 0 atom stereocenters. The molecular formula is C19H17NO4. The molecule has 1 aromatic heterocycles. The number of methoxy groups -OCH3 is 1. The van der Waals surface area contributed by atoms with Gasteiger partial charge in [-0.15, -0.1) is 0 Å². The number of aromatic carboxylic acids is 1. The van der Waals surface area contributed by atoms with Gasteiger partial charge in [0.15, 0.2) is 5.76 Å². The minimum Gasteiger partial charge on any atom is -0.497 e. The second-order valence-corrected chi connectivity index (χ2v) is 5.46. The van der Waals surface area contributed by atoms with Gasteiger partial charge in [-0.2, -0.15) is 0 Å². The predicted molar refractivity (Wildman–Crippen MR) is 89.4 cm³/mol. The van der Waals surface area contributed by atoms with Crippen LogP contribution in [-0.2, 0) is 6.42 Å². The Kier molecular flexibility index (Phi) is 4.33. The van der Waals surface area contributed by atoms with Crippen molar-refractivity contribution in [2.75, 3.05) is 7.11 Å². The molecule has 3 aromatic rings. The molecule has 24 heavy (non-hydrogen) atoms. The molecule has 0 fully saturated rings. The van der Waals surface area contributed by atoms with Gasteiger partial charge < -0.3 is 14.4 Å². The molecule has 5 heteroatoms. The second kappa shape index (κ2) is 6.58. The molecule has 0 aliphatic heterocycles. The predicted octanol–water partition coefficient (Wildman–Crippen LogP) is 3.95. The van der Waals surface area contributed by atoms with Crippen LogP contribution >= 0.6 is 0 Å². The third-order valence-corrected chi connectivity index (χ3v) is 3.95. The number of hydrogen-bond acceptors (Lipinski definition) is 4. The normalized spacial score (nSPS) is 10.6. The summed E-state index contributed by atoms with van der Waals surface area (Å²) in [5.74, 6) is 0.307. The van der Waals surface area contributed by atoms with Crippen LogP contribution in [0.2, 0.25) is 0 Å². The molecule has 1 heterocycles. The Morgan fingerprint density at radius 3 is 2.54 bits per heavy atom. The molecule has 0 unspecified atom stereocenters. The van der Waals surface area contributed by atoms with Gasteiger partial charge in [-0.1, -0.05) is 35.5 Å². The summed E-state index contributed by atoms with van der Waals surface area (Å²) in [5.41, 5.74) is 3.45. The fourth-order valence-corrected chi connectivity index (χ4v) is 2.59. The number of carboxylic acid groups (broad SMARTS) is 1. The lowest BCUT2D eigenvalue weighted by molar-refractivity contribution is 0.0697. The summed E-state index contributed by atoms with van der Waals surface area (Å²) in [6.45, 7) is 1.89. The van der Waals surface area contributed by atoms with E-state index in [0.29, 0.717) is 17.7 Å². The van der Waals surface area contributed by atoms with Crippen molar-refractivity contribution in [3.63, 3.8) is 0 Å². The summed E-state index contributed by atoms with van der Waals surface area (Å²) >= 11 is 0. The minimum atomic E-state index is -0.988. The Bertz CT molecular complexity index is 865. The molecule has 0 saturated carbocycles. The van der Waals surface area contributed by atoms with E-state index in [2.05, 4.69) is 5.16 Å². The number of aromatic nitrogens is 1. The number of hydrogen-bond donors (Lipinski definition) is 1. The molecular weight excluding hydrogens is 306 g/mol. The van der Waals surface area contributed by atoms with E-state index in [-0.39, 0.29) is 5.56 Å². The highest BCUT2D eigenvalue weighted by Gasteiger charge is 2.19. The first-order valence-electron chi connectivity index (χ1n) is 7.51. The standard InChI is InChI=1S/C19H17NO4/c1-12-17(11-13-7-9-14(23-2)10-8-13)20-24-18(12)15-5-3-4-6-16(15)19(21)22/h3-10H,11H2,1-2H3,(H,21,22). The Balaban J connectivity index is 1.93. The average molecular weight is 323 g/mol. The zero-order chi connectivity index (χ0) is 17.1. The van der Waals surface area contributed by atoms with Crippen LogP contribution in [0.25, 0.3) is 11.3 Å². The van der Waals surface area contributed by atoms with Gasteiger partial charge in [-0.05, 0) is 30.7 Å². The third-order valence-electron chi connectivity index (χ3n) is 3.95. The Morgan fingerprint density at radius 1 is 1.17 bits per heavy atom. The van der Waals surface area contributed by atoms with Crippen molar-refractivity contribution in [3.8, 4) is 17.1 Å². The highest BCUT2D eigenvalue weighted by atomic mass is 16.5. The number of carbonyl (C=O) groups is 1. The van der Waals surface area contributed by atoms with Crippen LogP contribution in [0.3, 0.4) is 0 Å². The van der Waals surface area contributed by atoms with Crippen molar-refractivity contribution in [2.45, 2.75) is 13.3 Å². The van der Waals surface area contributed by atoms with Crippen molar-refractivity contribution < 1.29 is 19.2 Å². The van der Waals surface area contributed by atoms with Gasteiger partial charge in [0.1, 0.15) is 5.75 Å². The molecule has 0 spiro atoms. The van der Waals surface area contributed by atoms with Crippen molar-refractivity contribution in [2.24, 2.45) is 0 Å².